The second-order valence-corrected chi connectivity index (χ2v) is 5.27. The average Bonchev–Trinajstić information content (AvgIpc) is 2.41. The fraction of sp³-hybridized carbons (Fsp3) is 0.600. The van der Waals surface area contributed by atoms with Crippen molar-refractivity contribution >= 4 is 0 Å². The first-order valence-corrected chi connectivity index (χ1v) is 6.96. The summed E-state index contributed by atoms with van der Waals surface area (Å²) in [4.78, 5) is 2.42. The van der Waals surface area contributed by atoms with E-state index in [0.717, 1.165) is 38.5 Å². The molecule has 2 N–H and O–H groups in total. The van der Waals surface area contributed by atoms with E-state index in [4.69, 9.17) is 4.74 Å². The molecule has 1 atom stereocenters. The number of piperazine rings is 1. The van der Waals surface area contributed by atoms with E-state index in [2.05, 4.69) is 41.6 Å². The fourth-order valence-corrected chi connectivity index (χ4v) is 2.52. The van der Waals surface area contributed by atoms with Crippen molar-refractivity contribution in [1.29, 1.82) is 0 Å². The van der Waals surface area contributed by atoms with Gasteiger partial charge in [0.05, 0.1) is 7.11 Å². The molecule has 0 radical (unpaired) electrons. The molecule has 106 valence electrons. The number of nitrogens with zero attached hydrogens (tertiary/aromatic N) is 1. The van der Waals surface area contributed by atoms with Gasteiger partial charge in [-0.3, -0.25) is 4.90 Å². The molecule has 1 fully saturated rings. The van der Waals surface area contributed by atoms with Crippen LogP contribution in [0.1, 0.15) is 11.1 Å². The highest BCUT2D eigenvalue weighted by atomic mass is 16.5. The molecule has 1 aliphatic heterocycles. The first-order chi connectivity index (χ1) is 9.20. The molecule has 4 heteroatoms. The first kappa shape index (κ1) is 14.3. The Morgan fingerprint density at radius 2 is 2.32 bits per heavy atom. The summed E-state index contributed by atoms with van der Waals surface area (Å²) >= 11 is 0. The number of rotatable bonds is 5. The Morgan fingerprint density at radius 3 is 3.00 bits per heavy atom. The van der Waals surface area contributed by atoms with E-state index >= 15 is 0 Å². The predicted octanol–water partition coefficient (Wildman–Crippen LogP) is 0.997. The lowest BCUT2D eigenvalue weighted by molar-refractivity contribution is 0.195. The molecular formula is C15H25N3O. The minimum Gasteiger partial charge on any atom is -0.496 e. The van der Waals surface area contributed by atoms with E-state index in [1.54, 1.807) is 7.11 Å². The van der Waals surface area contributed by atoms with Crippen molar-refractivity contribution in [3.8, 4) is 5.75 Å². The standard InChI is InChI=1S/C15H25N3O/c1-12-8-13(4-5-15(12)19-3)9-17-11-14-10-16-6-7-18(14)2/h4-5,8,14,16-17H,6-7,9-11H2,1-3H3. The van der Waals surface area contributed by atoms with Crippen molar-refractivity contribution < 1.29 is 4.74 Å². The maximum Gasteiger partial charge on any atom is 0.121 e. The maximum absolute atomic E-state index is 5.28. The Morgan fingerprint density at radius 1 is 1.47 bits per heavy atom. The highest BCUT2D eigenvalue weighted by Crippen LogP contribution is 2.18. The smallest absolute Gasteiger partial charge is 0.121 e. The zero-order valence-corrected chi connectivity index (χ0v) is 12.2. The molecule has 2 rings (SSSR count). The van der Waals surface area contributed by atoms with Crippen molar-refractivity contribution in [1.82, 2.24) is 15.5 Å². The van der Waals surface area contributed by atoms with Crippen molar-refractivity contribution in [3.63, 3.8) is 0 Å². The van der Waals surface area contributed by atoms with Crippen LogP contribution >= 0.6 is 0 Å². The van der Waals surface area contributed by atoms with Gasteiger partial charge in [-0.2, -0.15) is 0 Å². The molecule has 0 aromatic heterocycles. The van der Waals surface area contributed by atoms with Crippen LogP contribution < -0.4 is 15.4 Å². The number of hydrogen-bond acceptors (Lipinski definition) is 4. The number of likely N-dealkylation sites (N-methyl/N-ethyl adjacent to an activating group) is 1. The van der Waals surface area contributed by atoms with E-state index in [1.807, 2.05) is 6.07 Å². The number of hydrogen-bond donors (Lipinski definition) is 2. The Labute approximate surface area is 116 Å². The molecule has 1 saturated heterocycles. The van der Waals surface area contributed by atoms with Crippen LogP contribution in [0.15, 0.2) is 18.2 Å². The topological polar surface area (TPSA) is 36.5 Å². The van der Waals surface area contributed by atoms with Gasteiger partial charge in [-0.05, 0) is 31.2 Å². The van der Waals surface area contributed by atoms with Crippen LogP contribution in [0, 0.1) is 6.92 Å². The van der Waals surface area contributed by atoms with Crippen molar-refractivity contribution in [2.45, 2.75) is 19.5 Å². The van der Waals surface area contributed by atoms with E-state index < -0.39 is 0 Å². The lowest BCUT2D eigenvalue weighted by Crippen LogP contribution is -2.53. The lowest BCUT2D eigenvalue weighted by atomic mass is 10.1. The molecule has 0 bridgehead atoms. The van der Waals surface area contributed by atoms with Gasteiger partial charge in [0.25, 0.3) is 0 Å². The van der Waals surface area contributed by atoms with E-state index in [1.165, 1.54) is 11.1 Å². The molecule has 1 aromatic carbocycles. The average molecular weight is 263 g/mol. The largest absolute Gasteiger partial charge is 0.496 e. The molecule has 1 unspecified atom stereocenters. The summed E-state index contributed by atoms with van der Waals surface area (Å²) in [5.41, 5.74) is 2.50. The lowest BCUT2D eigenvalue weighted by Gasteiger charge is -2.33. The van der Waals surface area contributed by atoms with Gasteiger partial charge in [0, 0.05) is 38.8 Å². The zero-order chi connectivity index (χ0) is 13.7. The van der Waals surface area contributed by atoms with Gasteiger partial charge in [0.1, 0.15) is 5.75 Å². The Kier molecular flexibility index (Phi) is 5.19. The van der Waals surface area contributed by atoms with Crippen molar-refractivity contribution in [2.75, 3.05) is 40.3 Å². The monoisotopic (exact) mass is 263 g/mol. The van der Waals surface area contributed by atoms with E-state index in [0.29, 0.717) is 6.04 Å². The summed E-state index contributed by atoms with van der Waals surface area (Å²) in [5.74, 6) is 0.958. The summed E-state index contributed by atoms with van der Waals surface area (Å²) in [5, 5.41) is 6.98. The number of methoxy groups -OCH3 is 1. The van der Waals surface area contributed by atoms with Gasteiger partial charge in [0.15, 0.2) is 0 Å². The highest BCUT2D eigenvalue weighted by Gasteiger charge is 2.17. The molecule has 4 nitrogen and oxygen atoms in total. The normalized spacial score (nSPS) is 20.5. The van der Waals surface area contributed by atoms with Crippen molar-refractivity contribution in [2.24, 2.45) is 0 Å². The number of ether oxygens (including phenoxy) is 1. The zero-order valence-electron chi connectivity index (χ0n) is 12.2. The van der Waals surface area contributed by atoms with Crippen LogP contribution in [0.25, 0.3) is 0 Å². The fourth-order valence-electron chi connectivity index (χ4n) is 2.52. The second-order valence-electron chi connectivity index (χ2n) is 5.27. The van der Waals surface area contributed by atoms with Crippen LogP contribution in [0.4, 0.5) is 0 Å². The van der Waals surface area contributed by atoms with Crippen LogP contribution in [-0.4, -0.2) is 51.3 Å². The molecule has 0 saturated carbocycles. The van der Waals surface area contributed by atoms with Crippen LogP contribution in [0.3, 0.4) is 0 Å². The van der Waals surface area contributed by atoms with Gasteiger partial charge in [-0.15, -0.1) is 0 Å². The summed E-state index contributed by atoms with van der Waals surface area (Å²) < 4.78 is 5.28. The second kappa shape index (κ2) is 6.89. The van der Waals surface area contributed by atoms with Crippen LogP contribution in [0.5, 0.6) is 5.75 Å². The minimum absolute atomic E-state index is 0.591. The van der Waals surface area contributed by atoms with Gasteiger partial charge in [0.2, 0.25) is 0 Å². The van der Waals surface area contributed by atoms with Gasteiger partial charge in [-0.1, -0.05) is 12.1 Å². The quantitative estimate of drug-likeness (QED) is 0.831. The Balaban J connectivity index is 1.80. The Hall–Kier alpha value is -1.10. The molecule has 1 aliphatic rings. The van der Waals surface area contributed by atoms with Gasteiger partial charge >= 0.3 is 0 Å². The van der Waals surface area contributed by atoms with E-state index in [9.17, 15) is 0 Å². The van der Waals surface area contributed by atoms with Crippen LogP contribution in [0.2, 0.25) is 0 Å². The third-order valence-electron chi connectivity index (χ3n) is 3.81. The molecule has 1 aromatic rings. The molecule has 0 aliphatic carbocycles. The van der Waals surface area contributed by atoms with Gasteiger partial charge in [-0.25, -0.2) is 0 Å². The molecule has 0 spiro atoms. The predicted molar refractivity (Wildman–Crippen MR) is 78.7 cm³/mol. The highest BCUT2D eigenvalue weighted by molar-refractivity contribution is 5.36. The summed E-state index contributed by atoms with van der Waals surface area (Å²) in [6.07, 6.45) is 0. The molecule has 0 amide bonds. The minimum atomic E-state index is 0.591. The Bertz CT molecular complexity index is 408. The summed E-state index contributed by atoms with van der Waals surface area (Å²) in [6.45, 7) is 7.33. The summed E-state index contributed by atoms with van der Waals surface area (Å²) in [6, 6.07) is 6.95. The van der Waals surface area contributed by atoms with Crippen LogP contribution in [-0.2, 0) is 6.54 Å². The van der Waals surface area contributed by atoms with E-state index in [-0.39, 0.29) is 0 Å². The first-order valence-electron chi connectivity index (χ1n) is 6.96. The SMILES string of the molecule is COc1ccc(CNCC2CNCCN2C)cc1C. The molecule has 1 heterocycles. The number of nitrogens with one attached hydrogen (secondary N) is 2. The maximum atomic E-state index is 5.28. The van der Waals surface area contributed by atoms with Gasteiger partial charge < -0.3 is 15.4 Å². The summed E-state index contributed by atoms with van der Waals surface area (Å²) in [7, 11) is 3.91. The third kappa shape index (κ3) is 3.93. The number of benzene rings is 1. The van der Waals surface area contributed by atoms with Crippen molar-refractivity contribution in [3.05, 3.63) is 29.3 Å². The molecule has 19 heavy (non-hydrogen) atoms. The third-order valence-corrected chi connectivity index (χ3v) is 3.81. The molecular weight excluding hydrogens is 238 g/mol. The number of aryl methyl sites for hydroxylation is 1.